The second-order valence-electron chi connectivity index (χ2n) is 1.10. The molecule has 0 aliphatic carbocycles. The number of hydrogen-bond donors (Lipinski definition) is 0. The van der Waals surface area contributed by atoms with Crippen molar-refractivity contribution in [1.82, 2.24) is 3.11 Å². The van der Waals surface area contributed by atoms with E-state index in [-0.39, 0.29) is 0 Å². The van der Waals surface area contributed by atoms with Gasteiger partial charge >= 0.3 is 0 Å². The van der Waals surface area contributed by atoms with E-state index < -0.39 is 0 Å². The number of halogens is 1. The van der Waals surface area contributed by atoms with Gasteiger partial charge in [0.25, 0.3) is 0 Å². The van der Waals surface area contributed by atoms with E-state index in [1.807, 2.05) is 22.4 Å². The molecule has 0 amide bonds. The zero-order valence-corrected chi connectivity index (χ0v) is 6.42. The molecule has 0 rings (SSSR count). The minimum absolute atomic E-state index is 1.75. The molecular weight excluding hydrogens is 201 g/mol. The molecule has 0 radical (unpaired) electrons. The molecule has 2 heteroatoms. The van der Waals surface area contributed by atoms with Gasteiger partial charge < -0.3 is 3.11 Å². The van der Waals surface area contributed by atoms with E-state index in [0.717, 1.165) is 0 Å². The predicted octanol–water partition coefficient (Wildman–Crippen LogP) is 1.97. The fourth-order valence-electron chi connectivity index (χ4n) is 0.179. The largest absolute Gasteiger partial charge is 0.325 e. The molecule has 0 fully saturated rings. The van der Waals surface area contributed by atoms with Gasteiger partial charge in [-0.15, -0.1) is 0 Å². The third-order valence-electron chi connectivity index (χ3n) is 0.428. The molecule has 40 valence electrons. The number of rotatable bonds is 2. The maximum atomic E-state index is 3.52. The molecule has 0 aliphatic heterocycles. The molecule has 7 heavy (non-hydrogen) atoms. The van der Waals surface area contributed by atoms with Gasteiger partial charge in [0.2, 0.25) is 0 Å². The quantitative estimate of drug-likeness (QED) is 0.381. The first-order valence-electron chi connectivity index (χ1n) is 1.95. The van der Waals surface area contributed by atoms with Crippen molar-refractivity contribution in [3.05, 3.63) is 24.9 Å². The van der Waals surface area contributed by atoms with Crippen LogP contribution in [0.4, 0.5) is 0 Å². The molecule has 0 aromatic carbocycles. The van der Waals surface area contributed by atoms with Gasteiger partial charge in [0.1, 0.15) is 0 Å². The lowest BCUT2D eigenvalue weighted by molar-refractivity contribution is 0.835. The Morgan fingerprint density at radius 3 is 2.43 bits per heavy atom. The van der Waals surface area contributed by atoms with Crippen molar-refractivity contribution in [3.8, 4) is 0 Å². The van der Waals surface area contributed by atoms with Crippen LogP contribution in [0.3, 0.4) is 0 Å². The van der Waals surface area contributed by atoms with Gasteiger partial charge in [-0.1, -0.05) is 12.7 Å². The van der Waals surface area contributed by atoms with Crippen molar-refractivity contribution >= 4 is 22.9 Å². The Balaban J connectivity index is 3.25. The smallest absolute Gasteiger partial charge is 0.0583 e. The third kappa shape index (κ3) is 6.01. The minimum atomic E-state index is 1.75. The second kappa shape index (κ2) is 4.18. The van der Waals surface area contributed by atoms with Gasteiger partial charge in [-0.2, -0.15) is 0 Å². The van der Waals surface area contributed by atoms with E-state index in [1.165, 1.54) is 0 Å². The monoisotopic (exact) mass is 209 g/mol. The molecule has 0 spiro atoms. The van der Waals surface area contributed by atoms with Crippen LogP contribution in [0, 0.1) is 0 Å². The summed E-state index contributed by atoms with van der Waals surface area (Å²) >= 11 is 2.16. The van der Waals surface area contributed by atoms with Crippen molar-refractivity contribution in [3.63, 3.8) is 0 Å². The summed E-state index contributed by atoms with van der Waals surface area (Å²) in [5.41, 5.74) is 0. The number of allylic oxidation sites excluding steroid dienone is 2. The predicted molar refractivity (Wildman–Crippen MR) is 41.1 cm³/mol. The third-order valence-corrected chi connectivity index (χ3v) is 0.749. The lowest BCUT2D eigenvalue weighted by Crippen LogP contribution is -1.87. The molecule has 0 N–H and O–H groups in total. The lowest BCUT2D eigenvalue weighted by Gasteiger charge is -1.96. The van der Waals surface area contributed by atoms with Crippen LogP contribution in [-0.4, -0.2) is 10.2 Å². The highest BCUT2D eigenvalue weighted by molar-refractivity contribution is 14.1. The summed E-state index contributed by atoms with van der Waals surface area (Å²) in [6.45, 7) is 3.52. The van der Waals surface area contributed by atoms with Gasteiger partial charge in [0.15, 0.2) is 0 Å². The first-order valence-corrected chi connectivity index (χ1v) is 2.91. The van der Waals surface area contributed by atoms with Crippen LogP contribution in [-0.2, 0) is 0 Å². The van der Waals surface area contributed by atoms with E-state index in [9.17, 15) is 0 Å². The fraction of sp³-hybridized carbons (Fsp3) is 0.200. The molecule has 0 aliphatic rings. The van der Waals surface area contributed by atoms with Crippen molar-refractivity contribution in [2.75, 3.05) is 7.05 Å². The summed E-state index contributed by atoms with van der Waals surface area (Å²) < 4.78 is 1.93. The van der Waals surface area contributed by atoms with Crippen molar-refractivity contribution < 1.29 is 0 Å². The molecule has 0 heterocycles. The fourth-order valence-corrected chi connectivity index (χ4v) is 0.365. The average molecular weight is 209 g/mol. The Hall–Kier alpha value is 0.0100. The van der Waals surface area contributed by atoms with Crippen molar-refractivity contribution in [2.45, 2.75) is 0 Å². The number of hydrogen-bond acceptors (Lipinski definition) is 1. The molecule has 1 nitrogen and oxygen atoms in total. The van der Waals surface area contributed by atoms with Crippen molar-refractivity contribution in [2.24, 2.45) is 0 Å². The Bertz CT molecular complexity index is 76.1. The minimum Gasteiger partial charge on any atom is -0.325 e. The molecular formula is C5H8IN. The summed E-state index contributed by atoms with van der Waals surface area (Å²) in [6.07, 6.45) is 5.55. The van der Waals surface area contributed by atoms with Crippen LogP contribution in [0.5, 0.6) is 0 Å². The van der Waals surface area contributed by atoms with Crippen LogP contribution in [0.2, 0.25) is 0 Å². The highest BCUT2D eigenvalue weighted by atomic mass is 127. The maximum absolute atomic E-state index is 3.52. The lowest BCUT2D eigenvalue weighted by atomic mass is 10.6. The van der Waals surface area contributed by atoms with E-state index in [0.29, 0.717) is 0 Å². The van der Waals surface area contributed by atoms with Crippen LogP contribution in [0.25, 0.3) is 0 Å². The summed E-state index contributed by atoms with van der Waals surface area (Å²) in [6, 6.07) is 0. The SMILES string of the molecule is C=C/C=C\N(C)I. The summed E-state index contributed by atoms with van der Waals surface area (Å²) in [5.74, 6) is 0. The summed E-state index contributed by atoms with van der Waals surface area (Å²) in [5, 5.41) is 0. The van der Waals surface area contributed by atoms with E-state index in [4.69, 9.17) is 0 Å². The first-order chi connectivity index (χ1) is 3.27. The molecule has 0 unspecified atom stereocenters. The van der Waals surface area contributed by atoms with Crippen LogP contribution in [0.1, 0.15) is 0 Å². The molecule has 0 aromatic rings. The first kappa shape index (κ1) is 7.01. The van der Waals surface area contributed by atoms with Crippen molar-refractivity contribution in [1.29, 1.82) is 0 Å². The van der Waals surface area contributed by atoms with Gasteiger partial charge in [-0.05, 0) is 6.08 Å². The van der Waals surface area contributed by atoms with Crippen LogP contribution < -0.4 is 0 Å². The highest BCUT2D eigenvalue weighted by Gasteiger charge is 1.70. The Morgan fingerprint density at radius 2 is 2.29 bits per heavy atom. The Morgan fingerprint density at radius 1 is 1.71 bits per heavy atom. The van der Waals surface area contributed by atoms with E-state index >= 15 is 0 Å². The molecule has 0 bridgehead atoms. The molecule has 0 saturated carbocycles. The molecule has 0 saturated heterocycles. The second-order valence-corrected chi connectivity index (χ2v) is 2.62. The Labute approximate surface area is 58.2 Å². The van der Waals surface area contributed by atoms with Gasteiger partial charge in [-0.25, -0.2) is 0 Å². The van der Waals surface area contributed by atoms with Gasteiger partial charge in [0.05, 0.1) is 22.9 Å². The summed E-state index contributed by atoms with van der Waals surface area (Å²) in [7, 11) is 1.96. The number of nitrogens with zero attached hydrogens (tertiary/aromatic N) is 1. The normalized spacial score (nSPS) is 9.43. The highest BCUT2D eigenvalue weighted by Crippen LogP contribution is 1.91. The zero-order chi connectivity index (χ0) is 5.70. The Kier molecular flexibility index (Phi) is 4.18. The van der Waals surface area contributed by atoms with E-state index in [2.05, 4.69) is 29.4 Å². The van der Waals surface area contributed by atoms with Gasteiger partial charge in [-0.3, -0.25) is 0 Å². The topological polar surface area (TPSA) is 3.24 Å². The molecule has 0 atom stereocenters. The average Bonchev–Trinajstić information content (AvgIpc) is 1.61. The zero-order valence-electron chi connectivity index (χ0n) is 4.26. The standard InChI is InChI=1S/C5H8IN/c1-3-4-5-7(2)6/h3-5H,1H2,2H3/b5-4-. The van der Waals surface area contributed by atoms with Crippen LogP contribution >= 0.6 is 22.9 Å². The maximum Gasteiger partial charge on any atom is 0.0583 e. The van der Waals surface area contributed by atoms with Crippen LogP contribution in [0.15, 0.2) is 24.9 Å². The van der Waals surface area contributed by atoms with Gasteiger partial charge in [0, 0.05) is 13.2 Å². The molecule has 0 aromatic heterocycles. The van der Waals surface area contributed by atoms with E-state index in [1.54, 1.807) is 6.08 Å². The summed E-state index contributed by atoms with van der Waals surface area (Å²) in [4.78, 5) is 0.